The van der Waals surface area contributed by atoms with Gasteiger partial charge in [0.15, 0.2) is 0 Å². The minimum atomic E-state index is -0.968. The van der Waals surface area contributed by atoms with E-state index in [1.54, 1.807) is 12.1 Å². The fourth-order valence-electron chi connectivity index (χ4n) is 2.32. The molecule has 3 rings (SSSR count). The maximum Gasteiger partial charge on any atom is 0.261 e. The summed E-state index contributed by atoms with van der Waals surface area (Å²) in [6.45, 7) is -0.0976. The largest absolute Gasteiger partial charge is 0.489 e. The van der Waals surface area contributed by atoms with E-state index in [1.807, 2.05) is 0 Å². The topological polar surface area (TPSA) is 64.4 Å². The molecule has 1 unspecified atom stereocenters. The highest BCUT2D eigenvalue weighted by Gasteiger charge is 2.12. The Hall–Kier alpha value is -2.15. The van der Waals surface area contributed by atoms with Crippen LogP contribution < -0.4 is 10.3 Å². The number of fused-ring (bicyclic) bond motifs is 1. The first-order chi connectivity index (χ1) is 11.9. The Morgan fingerprint density at radius 1 is 1.24 bits per heavy atom. The van der Waals surface area contributed by atoms with Crippen molar-refractivity contribution in [1.82, 2.24) is 9.55 Å². The molecule has 130 valence electrons. The summed E-state index contributed by atoms with van der Waals surface area (Å²) < 4.78 is 19.9. The van der Waals surface area contributed by atoms with Crippen molar-refractivity contribution in [3.05, 3.63) is 68.9 Å². The molecule has 3 aromatic rings. The zero-order valence-electron chi connectivity index (χ0n) is 12.8. The normalized spacial score (nSPS) is 12.3. The summed E-state index contributed by atoms with van der Waals surface area (Å²) in [7, 11) is 0. The molecule has 0 aliphatic heterocycles. The molecule has 1 aromatic heterocycles. The number of hydrogen-bond donors (Lipinski definition) is 1. The number of halogens is 3. The van der Waals surface area contributed by atoms with Crippen LogP contribution in [-0.2, 0) is 6.54 Å². The molecule has 2 aromatic carbocycles. The van der Waals surface area contributed by atoms with Gasteiger partial charge in [-0.05, 0) is 30.3 Å². The first kappa shape index (κ1) is 17.7. The number of aromatic nitrogens is 2. The smallest absolute Gasteiger partial charge is 0.261 e. The van der Waals surface area contributed by atoms with Crippen molar-refractivity contribution in [3.8, 4) is 5.75 Å². The lowest BCUT2D eigenvalue weighted by Crippen LogP contribution is -2.30. The number of aliphatic hydroxyl groups is 1. The van der Waals surface area contributed by atoms with E-state index < -0.39 is 11.9 Å². The number of hydrogen-bond acceptors (Lipinski definition) is 4. The Balaban J connectivity index is 1.71. The third kappa shape index (κ3) is 4.10. The van der Waals surface area contributed by atoms with Gasteiger partial charge in [0.25, 0.3) is 5.56 Å². The van der Waals surface area contributed by atoms with Crippen LogP contribution in [0.3, 0.4) is 0 Å². The summed E-state index contributed by atoms with van der Waals surface area (Å²) >= 11 is 11.8. The van der Waals surface area contributed by atoms with Gasteiger partial charge in [-0.25, -0.2) is 9.37 Å². The van der Waals surface area contributed by atoms with Gasteiger partial charge in [-0.1, -0.05) is 23.2 Å². The number of aliphatic hydroxyl groups excluding tert-OH is 1. The summed E-state index contributed by atoms with van der Waals surface area (Å²) in [6.07, 6.45) is 0.298. The highest BCUT2D eigenvalue weighted by atomic mass is 35.5. The van der Waals surface area contributed by atoms with Gasteiger partial charge in [0.05, 0.1) is 28.8 Å². The van der Waals surface area contributed by atoms with Crippen molar-refractivity contribution < 1.29 is 14.2 Å². The Labute approximate surface area is 152 Å². The van der Waals surface area contributed by atoms with Crippen LogP contribution in [0.1, 0.15) is 0 Å². The van der Waals surface area contributed by atoms with E-state index in [9.17, 15) is 14.3 Å². The second-order valence-electron chi connectivity index (χ2n) is 5.40. The van der Waals surface area contributed by atoms with Crippen molar-refractivity contribution in [3.63, 3.8) is 0 Å². The van der Waals surface area contributed by atoms with Gasteiger partial charge in [0, 0.05) is 11.1 Å². The molecular formula is C17H13Cl2FN2O3. The molecule has 8 heteroatoms. The number of ether oxygens (including phenoxy) is 1. The highest BCUT2D eigenvalue weighted by Crippen LogP contribution is 2.27. The predicted molar refractivity (Wildman–Crippen MR) is 93.9 cm³/mol. The molecule has 0 amide bonds. The van der Waals surface area contributed by atoms with E-state index in [4.69, 9.17) is 27.9 Å². The Bertz CT molecular complexity index is 978. The van der Waals surface area contributed by atoms with Crippen LogP contribution in [-0.4, -0.2) is 27.4 Å². The van der Waals surface area contributed by atoms with Crippen LogP contribution in [0, 0.1) is 5.82 Å². The molecule has 0 saturated heterocycles. The lowest BCUT2D eigenvalue weighted by Gasteiger charge is -2.15. The van der Waals surface area contributed by atoms with Crippen molar-refractivity contribution in [1.29, 1.82) is 0 Å². The van der Waals surface area contributed by atoms with Gasteiger partial charge < -0.3 is 9.84 Å². The van der Waals surface area contributed by atoms with Gasteiger partial charge in [-0.2, -0.15) is 0 Å². The fraction of sp³-hybridized carbons (Fsp3) is 0.176. The van der Waals surface area contributed by atoms with Crippen LogP contribution in [0.5, 0.6) is 5.75 Å². The van der Waals surface area contributed by atoms with Crippen molar-refractivity contribution >= 4 is 34.1 Å². The molecule has 25 heavy (non-hydrogen) atoms. The zero-order chi connectivity index (χ0) is 18.0. The minimum absolute atomic E-state index is 0.0235. The summed E-state index contributed by atoms with van der Waals surface area (Å²) in [5, 5.41) is 11.2. The van der Waals surface area contributed by atoms with Crippen molar-refractivity contribution in [2.75, 3.05) is 6.61 Å². The lowest BCUT2D eigenvalue weighted by molar-refractivity contribution is 0.0915. The number of nitrogens with zero attached hydrogens (tertiary/aromatic N) is 2. The van der Waals surface area contributed by atoms with E-state index in [0.717, 1.165) is 0 Å². The molecule has 0 aliphatic rings. The van der Waals surface area contributed by atoms with Crippen LogP contribution in [0.4, 0.5) is 4.39 Å². The predicted octanol–water partition coefficient (Wildman–Crippen LogP) is 3.28. The molecule has 0 spiro atoms. The SMILES string of the molecule is O=c1c2ccc(F)cc2ncn1CC(O)COc1ccc(Cl)cc1Cl. The Morgan fingerprint density at radius 2 is 2.04 bits per heavy atom. The number of benzene rings is 2. The van der Waals surface area contributed by atoms with E-state index in [-0.39, 0.29) is 29.6 Å². The van der Waals surface area contributed by atoms with Crippen LogP contribution >= 0.6 is 23.2 Å². The minimum Gasteiger partial charge on any atom is -0.489 e. The van der Waals surface area contributed by atoms with Crippen LogP contribution in [0.2, 0.25) is 10.0 Å². The van der Waals surface area contributed by atoms with Crippen molar-refractivity contribution in [2.24, 2.45) is 0 Å². The third-order valence-corrected chi connectivity index (χ3v) is 4.05. The average Bonchev–Trinajstić information content (AvgIpc) is 2.56. The van der Waals surface area contributed by atoms with E-state index >= 15 is 0 Å². The van der Waals surface area contributed by atoms with Gasteiger partial charge >= 0.3 is 0 Å². The molecule has 0 fully saturated rings. The summed E-state index contributed by atoms with van der Waals surface area (Å²) in [6, 6.07) is 8.48. The molecule has 0 saturated carbocycles. The Kier molecular flexibility index (Phi) is 5.22. The lowest BCUT2D eigenvalue weighted by atomic mass is 10.2. The molecule has 5 nitrogen and oxygen atoms in total. The first-order valence-electron chi connectivity index (χ1n) is 7.34. The summed E-state index contributed by atoms with van der Waals surface area (Å²) in [5.74, 6) is -0.0880. The van der Waals surface area contributed by atoms with E-state index in [2.05, 4.69) is 4.98 Å². The van der Waals surface area contributed by atoms with Gasteiger partial charge in [0.1, 0.15) is 24.3 Å². The fourth-order valence-corrected chi connectivity index (χ4v) is 2.78. The summed E-state index contributed by atoms with van der Waals surface area (Å²) in [4.78, 5) is 16.4. The third-order valence-electron chi connectivity index (χ3n) is 3.52. The first-order valence-corrected chi connectivity index (χ1v) is 8.10. The Morgan fingerprint density at radius 3 is 2.80 bits per heavy atom. The zero-order valence-corrected chi connectivity index (χ0v) is 14.3. The second-order valence-corrected chi connectivity index (χ2v) is 6.25. The van der Waals surface area contributed by atoms with Gasteiger partial charge in [-0.3, -0.25) is 9.36 Å². The molecule has 1 atom stereocenters. The standard InChI is InChI=1S/C17H13Cl2FN2O3/c18-10-1-4-16(14(19)5-10)25-8-12(23)7-22-9-21-15-6-11(20)2-3-13(15)17(22)24/h1-6,9,12,23H,7-8H2. The van der Waals surface area contributed by atoms with Crippen LogP contribution in [0.15, 0.2) is 47.5 Å². The maximum absolute atomic E-state index is 13.2. The highest BCUT2D eigenvalue weighted by molar-refractivity contribution is 6.35. The molecule has 0 bridgehead atoms. The van der Waals surface area contributed by atoms with E-state index in [0.29, 0.717) is 15.8 Å². The monoisotopic (exact) mass is 382 g/mol. The van der Waals surface area contributed by atoms with Crippen molar-refractivity contribution in [2.45, 2.75) is 12.6 Å². The maximum atomic E-state index is 13.2. The molecule has 0 radical (unpaired) electrons. The molecule has 0 aliphatic carbocycles. The van der Waals surface area contributed by atoms with Gasteiger partial charge in [0.2, 0.25) is 0 Å². The quantitative estimate of drug-likeness (QED) is 0.735. The molecular weight excluding hydrogens is 370 g/mol. The average molecular weight is 383 g/mol. The van der Waals surface area contributed by atoms with Gasteiger partial charge in [-0.15, -0.1) is 0 Å². The van der Waals surface area contributed by atoms with Crippen LogP contribution in [0.25, 0.3) is 10.9 Å². The molecule has 1 heterocycles. The molecule has 1 N–H and O–H groups in total. The summed E-state index contributed by atoms with van der Waals surface area (Å²) in [5.41, 5.74) is -0.103. The van der Waals surface area contributed by atoms with E-state index in [1.165, 1.54) is 35.2 Å². The number of rotatable bonds is 5. The second kappa shape index (κ2) is 7.39.